The summed E-state index contributed by atoms with van der Waals surface area (Å²) in [5, 5.41) is 2.82. The lowest BCUT2D eigenvalue weighted by atomic mass is 10.1. The van der Waals surface area contributed by atoms with Gasteiger partial charge in [0.2, 0.25) is 5.91 Å². The van der Waals surface area contributed by atoms with Crippen molar-refractivity contribution in [3.63, 3.8) is 0 Å². The lowest BCUT2D eigenvalue weighted by Gasteiger charge is -2.13. The Hall–Kier alpha value is -1.55. The van der Waals surface area contributed by atoms with E-state index >= 15 is 0 Å². The van der Waals surface area contributed by atoms with Gasteiger partial charge in [-0.25, -0.2) is 0 Å². The molecule has 1 aromatic rings. The molecule has 4 heteroatoms. The number of carbonyl (C=O) groups is 1. The van der Waals surface area contributed by atoms with E-state index in [0.717, 1.165) is 31.4 Å². The summed E-state index contributed by atoms with van der Waals surface area (Å²) < 4.78 is 5.65. The summed E-state index contributed by atoms with van der Waals surface area (Å²) in [7, 11) is 0. The van der Waals surface area contributed by atoms with E-state index in [1.807, 2.05) is 24.3 Å². The van der Waals surface area contributed by atoms with Crippen molar-refractivity contribution < 1.29 is 9.53 Å². The molecule has 92 valence electrons. The molecule has 1 unspecified atom stereocenters. The quantitative estimate of drug-likeness (QED) is 0.720. The van der Waals surface area contributed by atoms with Gasteiger partial charge in [-0.3, -0.25) is 4.79 Å². The van der Waals surface area contributed by atoms with Crippen molar-refractivity contribution in [3.8, 4) is 5.75 Å². The maximum Gasteiger partial charge on any atom is 0.241 e. The molecule has 1 aromatic carbocycles. The number of rotatable bonds is 0. The van der Waals surface area contributed by atoms with Gasteiger partial charge in [0.25, 0.3) is 0 Å². The van der Waals surface area contributed by atoms with Crippen molar-refractivity contribution in [1.29, 1.82) is 0 Å². The van der Waals surface area contributed by atoms with E-state index in [1.54, 1.807) is 0 Å². The van der Waals surface area contributed by atoms with E-state index in [-0.39, 0.29) is 5.91 Å². The maximum absolute atomic E-state index is 11.8. The average Bonchev–Trinajstić information content (AvgIpc) is 2.36. The summed E-state index contributed by atoms with van der Waals surface area (Å²) in [6.07, 6.45) is 3.74. The number of anilines is 1. The lowest BCUT2D eigenvalue weighted by Crippen LogP contribution is -2.35. The number of fused-ring (bicyclic) bond motifs is 1. The molecule has 1 aliphatic heterocycles. The van der Waals surface area contributed by atoms with Crippen LogP contribution >= 0.6 is 0 Å². The highest BCUT2D eigenvalue weighted by atomic mass is 16.5. The SMILES string of the molecule is NC1CCCCCOc2ccccc2NC1=O. The third-order valence-electron chi connectivity index (χ3n) is 2.90. The summed E-state index contributed by atoms with van der Waals surface area (Å²) in [4.78, 5) is 11.8. The number of carbonyl (C=O) groups excluding carboxylic acids is 1. The standard InChI is InChI=1S/C13H18N2O2/c14-10-6-2-1-5-9-17-12-8-4-3-7-11(12)15-13(10)16/h3-4,7-8,10H,1-2,5-6,9,14H2,(H,15,16). The monoisotopic (exact) mass is 234 g/mol. The van der Waals surface area contributed by atoms with Gasteiger partial charge in [0.1, 0.15) is 5.75 Å². The minimum atomic E-state index is -0.429. The molecule has 1 aliphatic rings. The molecule has 4 nitrogen and oxygen atoms in total. The molecule has 3 N–H and O–H groups in total. The zero-order valence-electron chi connectivity index (χ0n) is 9.82. The number of hydrogen-bond donors (Lipinski definition) is 2. The molecule has 0 bridgehead atoms. The molecular formula is C13H18N2O2. The maximum atomic E-state index is 11.8. The van der Waals surface area contributed by atoms with Gasteiger partial charge in [-0.05, 0) is 31.4 Å². The van der Waals surface area contributed by atoms with Crippen molar-refractivity contribution >= 4 is 11.6 Å². The van der Waals surface area contributed by atoms with E-state index in [1.165, 1.54) is 0 Å². The fraction of sp³-hybridized carbons (Fsp3) is 0.462. The van der Waals surface area contributed by atoms with E-state index in [9.17, 15) is 4.79 Å². The van der Waals surface area contributed by atoms with Crippen LogP contribution in [0.4, 0.5) is 5.69 Å². The van der Waals surface area contributed by atoms with Gasteiger partial charge in [0, 0.05) is 0 Å². The van der Waals surface area contributed by atoms with Gasteiger partial charge in [-0.2, -0.15) is 0 Å². The molecule has 2 rings (SSSR count). The number of benzene rings is 1. The number of nitrogens with two attached hydrogens (primary N) is 1. The second-order valence-electron chi connectivity index (χ2n) is 4.29. The van der Waals surface area contributed by atoms with Crippen LogP contribution in [0.25, 0.3) is 0 Å². The first-order valence-electron chi connectivity index (χ1n) is 6.05. The number of hydrogen-bond acceptors (Lipinski definition) is 3. The Morgan fingerprint density at radius 3 is 2.94 bits per heavy atom. The molecule has 0 fully saturated rings. The van der Waals surface area contributed by atoms with E-state index in [0.29, 0.717) is 12.3 Å². The molecule has 1 atom stereocenters. The summed E-state index contributed by atoms with van der Waals surface area (Å²) in [5.41, 5.74) is 6.53. The van der Waals surface area contributed by atoms with Crippen LogP contribution in [0, 0.1) is 0 Å². The lowest BCUT2D eigenvalue weighted by molar-refractivity contribution is -0.117. The predicted octanol–water partition coefficient (Wildman–Crippen LogP) is 1.91. The van der Waals surface area contributed by atoms with Crippen LogP contribution in [-0.4, -0.2) is 18.6 Å². The number of para-hydroxylation sites is 2. The molecular weight excluding hydrogens is 216 g/mol. The van der Waals surface area contributed by atoms with Crippen LogP contribution in [0.15, 0.2) is 24.3 Å². The van der Waals surface area contributed by atoms with Crippen molar-refractivity contribution in [2.45, 2.75) is 31.7 Å². The van der Waals surface area contributed by atoms with Crippen LogP contribution in [0.5, 0.6) is 5.75 Å². The third-order valence-corrected chi connectivity index (χ3v) is 2.90. The number of nitrogens with one attached hydrogen (secondary N) is 1. The van der Waals surface area contributed by atoms with Crippen molar-refractivity contribution in [2.24, 2.45) is 5.73 Å². The summed E-state index contributed by atoms with van der Waals surface area (Å²) in [6.45, 7) is 0.683. The van der Waals surface area contributed by atoms with Crippen molar-refractivity contribution in [3.05, 3.63) is 24.3 Å². The van der Waals surface area contributed by atoms with E-state index in [4.69, 9.17) is 10.5 Å². The Balaban J connectivity index is 2.18. The predicted molar refractivity (Wildman–Crippen MR) is 67.0 cm³/mol. The van der Waals surface area contributed by atoms with Crippen LogP contribution in [0.3, 0.4) is 0 Å². The molecule has 0 saturated heterocycles. The fourth-order valence-corrected chi connectivity index (χ4v) is 1.88. The van der Waals surface area contributed by atoms with Gasteiger partial charge < -0.3 is 15.8 Å². The average molecular weight is 234 g/mol. The van der Waals surface area contributed by atoms with Crippen molar-refractivity contribution in [2.75, 3.05) is 11.9 Å². The highest BCUT2D eigenvalue weighted by Gasteiger charge is 2.15. The zero-order valence-corrected chi connectivity index (χ0v) is 9.82. The second kappa shape index (κ2) is 5.68. The zero-order chi connectivity index (χ0) is 12.1. The first kappa shape index (κ1) is 11.9. The van der Waals surface area contributed by atoms with Crippen LogP contribution in [-0.2, 0) is 4.79 Å². The van der Waals surface area contributed by atoms with Gasteiger partial charge in [-0.15, -0.1) is 0 Å². The highest BCUT2D eigenvalue weighted by Crippen LogP contribution is 2.24. The minimum Gasteiger partial charge on any atom is -0.491 e. The van der Waals surface area contributed by atoms with E-state index in [2.05, 4.69) is 5.32 Å². The summed E-state index contributed by atoms with van der Waals surface area (Å²) in [6, 6.07) is 7.02. The molecule has 1 heterocycles. The summed E-state index contributed by atoms with van der Waals surface area (Å²) in [5.74, 6) is 0.581. The smallest absolute Gasteiger partial charge is 0.241 e. The van der Waals surface area contributed by atoms with Gasteiger partial charge in [0.15, 0.2) is 0 Å². The summed E-state index contributed by atoms with van der Waals surface area (Å²) >= 11 is 0. The Morgan fingerprint density at radius 2 is 2.06 bits per heavy atom. The van der Waals surface area contributed by atoms with Gasteiger partial charge in [-0.1, -0.05) is 18.6 Å². The Labute approximate surface area is 101 Å². The van der Waals surface area contributed by atoms with Crippen LogP contribution in [0.2, 0.25) is 0 Å². The minimum absolute atomic E-state index is 0.136. The Bertz CT molecular complexity index is 393. The van der Waals surface area contributed by atoms with Gasteiger partial charge in [0.05, 0.1) is 18.3 Å². The molecule has 0 aliphatic carbocycles. The largest absolute Gasteiger partial charge is 0.491 e. The number of amides is 1. The highest BCUT2D eigenvalue weighted by molar-refractivity contribution is 5.95. The Kier molecular flexibility index (Phi) is 3.98. The molecule has 0 aromatic heterocycles. The third kappa shape index (κ3) is 3.20. The van der Waals surface area contributed by atoms with Gasteiger partial charge >= 0.3 is 0 Å². The second-order valence-corrected chi connectivity index (χ2v) is 4.29. The molecule has 1 amide bonds. The topological polar surface area (TPSA) is 64.3 Å². The van der Waals surface area contributed by atoms with Crippen molar-refractivity contribution in [1.82, 2.24) is 0 Å². The molecule has 0 saturated carbocycles. The number of ether oxygens (including phenoxy) is 1. The first-order chi connectivity index (χ1) is 8.27. The van der Waals surface area contributed by atoms with E-state index < -0.39 is 6.04 Å². The first-order valence-corrected chi connectivity index (χ1v) is 6.05. The van der Waals surface area contributed by atoms with Crippen LogP contribution in [0.1, 0.15) is 25.7 Å². The molecule has 0 radical (unpaired) electrons. The normalized spacial score (nSPS) is 21.7. The molecule has 0 spiro atoms. The fourth-order valence-electron chi connectivity index (χ4n) is 1.88. The van der Waals surface area contributed by atoms with Crippen LogP contribution < -0.4 is 15.8 Å². The Morgan fingerprint density at radius 1 is 1.24 bits per heavy atom. The molecule has 17 heavy (non-hydrogen) atoms.